The Hall–Kier alpha value is -2.08. The highest BCUT2D eigenvalue weighted by molar-refractivity contribution is 7.71. The van der Waals surface area contributed by atoms with Crippen LogP contribution in [0.5, 0.6) is 11.5 Å². The Balaban J connectivity index is 2.36. The van der Waals surface area contributed by atoms with Gasteiger partial charge in [-0.1, -0.05) is 6.07 Å². The Morgan fingerprint density at radius 2 is 1.77 bits per heavy atom. The number of benzene rings is 1. The summed E-state index contributed by atoms with van der Waals surface area (Å²) >= 11 is 4.97. The number of aromatic amines is 2. The van der Waals surface area contributed by atoms with Gasteiger partial charge in [0.2, 0.25) is 0 Å². The topological polar surface area (TPSA) is 67.1 Å². The van der Waals surface area contributed by atoms with E-state index in [1.165, 1.54) is 0 Å². The molecule has 0 saturated carbocycles. The summed E-state index contributed by atoms with van der Waals surface area (Å²) in [5.41, 5.74) is 2.26. The maximum Gasteiger partial charge on any atom is 0.255 e. The van der Waals surface area contributed by atoms with Crippen molar-refractivity contribution in [1.29, 1.82) is 0 Å². The minimum absolute atomic E-state index is 0.159. The van der Waals surface area contributed by atoms with Gasteiger partial charge in [0.15, 0.2) is 16.3 Å². The molecule has 2 N–H and O–H groups in total. The fourth-order valence-electron chi connectivity index (χ4n) is 2.25. The molecule has 118 valence electrons. The van der Waals surface area contributed by atoms with E-state index < -0.39 is 0 Å². The normalized spacial score (nSPS) is 10.5. The second-order valence-electron chi connectivity index (χ2n) is 4.84. The molecule has 0 unspecified atom stereocenters. The lowest BCUT2D eigenvalue weighted by atomic mass is 10.0. The van der Waals surface area contributed by atoms with Crippen LogP contribution >= 0.6 is 12.2 Å². The van der Waals surface area contributed by atoms with Crippen LogP contribution in [0.1, 0.15) is 30.7 Å². The first kappa shape index (κ1) is 16.3. The van der Waals surface area contributed by atoms with Crippen molar-refractivity contribution >= 4 is 12.2 Å². The summed E-state index contributed by atoms with van der Waals surface area (Å²) in [6.07, 6.45) is 0.500. The van der Waals surface area contributed by atoms with E-state index in [4.69, 9.17) is 21.7 Å². The van der Waals surface area contributed by atoms with E-state index in [0.29, 0.717) is 41.5 Å². The zero-order valence-corrected chi connectivity index (χ0v) is 13.8. The highest BCUT2D eigenvalue weighted by Gasteiger charge is 2.10. The second kappa shape index (κ2) is 7.26. The molecule has 0 amide bonds. The maximum atomic E-state index is 12.0. The summed E-state index contributed by atoms with van der Waals surface area (Å²) in [6.45, 7) is 6.83. The van der Waals surface area contributed by atoms with E-state index in [1.807, 2.05) is 39.0 Å². The Morgan fingerprint density at radius 3 is 2.41 bits per heavy atom. The van der Waals surface area contributed by atoms with E-state index in [2.05, 4.69) is 9.97 Å². The summed E-state index contributed by atoms with van der Waals surface area (Å²) in [4.78, 5) is 17.6. The van der Waals surface area contributed by atoms with Gasteiger partial charge in [0, 0.05) is 17.7 Å². The largest absolute Gasteiger partial charge is 0.490 e. The number of aryl methyl sites for hydroxylation is 1. The summed E-state index contributed by atoms with van der Waals surface area (Å²) < 4.78 is 11.5. The number of hydrogen-bond donors (Lipinski definition) is 2. The van der Waals surface area contributed by atoms with Gasteiger partial charge in [-0.2, -0.15) is 0 Å². The van der Waals surface area contributed by atoms with Gasteiger partial charge in [-0.15, -0.1) is 0 Å². The highest BCUT2D eigenvalue weighted by Crippen LogP contribution is 2.29. The number of nitrogens with one attached hydrogen (secondary N) is 2. The summed E-state index contributed by atoms with van der Waals surface area (Å²) in [6, 6.07) is 5.72. The minimum Gasteiger partial charge on any atom is -0.490 e. The average molecular weight is 320 g/mol. The van der Waals surface area contributed by atoms with Crippen LogP contribution in [-0.2, 0) is 6.42 Å². The monoisotopic (exact) mass is 320 g/mol. The van der Waals surface area contributed by atoms with Crippen molar-refractivity contribution < 1.29 is 9.47 Å². The zero-order valence-electron chi connectivity index (χ0n) is 13.0. The van der Waals surface area contributed by atoms with Crippen LogP contribution in [0.2, 0.25) is 0 Å². The summed E-state index contributed by atoms with van der Waals surface area (Å²) in [5, 5.41) is 0. The number of ether oxygens (including phenoxy) is 2. The van der Waals surface area contributed by atoms with Gasteiger partial charge in [-0.05, 0) is 50.7 Å². The molecule has 0 fully saturated rings. The van der Waals surface area contributed by atoms with Crippen LogP contribution in [-0.4, -0.2) is 23.2 Å². The van der Waals surface area contributed by atoms with Crippen LogP contribution in [0, 0.1) is 11.7 Å². The first-order valence-electron chi connectivity index (χ1n) is 7.25. The third-order valence-corrected chi connectivity index (χ3v) is 3.45. The first-order chi connectivity index (χ1) is 10.5. The van der Waals surface area contributed by atoms with E-state index in [-0.39, 0.29) is 5.56 Å². The summed E-state index contributed by atoms with van der Waals surface area (Å²) in [7, 11) is 0. The van der Waals surface area contributed by atoms with Gasteiger partial charge in [0.05, 0.1) is 13.2 Å². The standard InChI is InChI=1S/C16H20N2O3S/c1-4-20-13-7-6-11(9-14(13)21-5-2)8-12-10(3)17-16(22)18-15(12)19/h6-7,9H,4-5,8H2,1-3H3,(H2,17,18,19,22). The van der Waals surface area contributed by atoms with Crippen molar-refractivity contribution in [2.45, 2.75) is 27.2 Å². The fraction of sp³-hybridized carbons (Fsp3) is 0.375. The Kier molecular flexibility index (Phi) is 5.38. The van der Waals surface area contributed by atoms with Crippen LogP contribution in [0.3, 0.4) is 0 Å². The average Bonchev–Trinajstić information content (AvgIpc) is 2.46. The second-order valence-corrected chi connectivity index (χ2v) is 5.24. The molecule has 0 radical (unpaired) electrons. The van der Waals surface area contributed by atoms with E-state index >= 15 is 0 Å². The molecular weight excluding hydrogens is 300 g/mol. The van der Waals surface area contributed by atoms with Crippen molar-refractivity contribution in [2.24, 2.45) is 0 Å². The van der Waals surface area contributed by atoms with Crippen molar-refractivity contribution in [3.63, 3.8) is 0 Å². The van der Waals surface area contributed by atoms with Gasteiger partial charge in [0.1, 0.15) is 0 Å². The minimum atomic E-state index is -0.159. The molecule has 0 atom stereocenters. The molecule has 0 aliphatic heterocycles. The Bertz CT molecular complexity index is 765. The number of rotatable bonds is 6. The van der Waals surface area contributed by atoms with Crippen molar-refractivity contribution in [3.8, 4) is 11.5 Å². The molecule has 0 aliphatic rings. The van der Waals surface area contributed by atoms with Crippen molar-refractivity contribution in [1.82, 2.24) is 9.97 Å². The third-order valence-electron chi connectivity index (χ3n) is 3.24. The predicted octanol–water partition coefficient (Wildman–Crippen LogP) is 3.13. The van der Waals surface area contributed by atoms with Gasteiger partial charge in [0.25, 0.3) is 5.56 Å². The maximum absolute atomic E-state index is 12.0. The lowest BCUT2D eigenvalue weighted by Gasteiger charge is -2.12. The molecule has 2 rings (SSSR count). The van der Waals surface area contributed by atoms with Gasteiger partial charge in [-0.25, -0.2) is 0 Å². The van der Waals surface area contributed by atoms with Crippen LogP contribution in [0.25, 0.3) is 0 Å². The van der Waals surface area contributed by atoms with Gasteiger partial charge in [-0.3, -0.25) is 9.78 Å². The molecule has 2 aromatic rings. The fourth-order valence-corrected chi connectivity index (χ4v) is 2.49. The predicted molar refractivity (Wildman–Crippen MR) is 88.6 cm³/mol. The zero-order chi connectivity index (χ0) is 16.1. The van der Waals surface area contributed by atoms with Crippen molar-refractivity contribution in [3.05, 3.63) is 50.1 Å². The lowest BCUT2D eigenvalue weighted by molar-refractivity contribution is 0.287. The quantitative estimate of drug-likeness (QED) is 0.803. The van der Waals surface area contributed by atoms with E-state index in [9.17, 15) is 4.79 Å². The Labute approximate surface area is 134 Å². The Morgan fingerprint density at radius 1 is 1.09 bits per heavy atom. The molecule has 6 heteroatoms. The number of aromatic nitrogens is 2. The molecule has 0 saturated heterocycles. The van der Waals surface area contributed by atoms with Crippen molar-refractivity contribution in [2.75, 3.05) is 13.2 Å². The smallest absolute Gasteiger partial charge is 0.255 e. The first-order valence-corrected chi connectivity index (χ1v) is 7.66. The van der Waals surface area contributed by atoms with E-state index in [0.717, 1.165) is 11.3 Å². The molecule has 22 heavy (non-hydrogen) atoms. The molecule has 0 aliphatic carbocycles. The number of hydrogen-bond acceptors (Lipinski definition) is 4. The third kappa shape index (κ3) is 3.76. The lowest BCUT2D eigenvalue weighted by Crippen LogP contribution is -2.16. The molecule has 1 aromatic heterocycles. The van der Waals surface area contributed by atoms with E-state index in [1.54, 1.807) is 0 Å². The summed E-state index contributed by atoms with van der Waals surface area (Å²) in [5.74, 6) is 1.41. The highest BCUT2D eigenvalue weighted by atomic mass is 32.1. The molecule has 0 spiro atoms. The SMILES string of the molecule is CCOc1ccc(Cc2c(C)[nH]c(=S)[nH]c2=O)cc1OCC. The number of H-pyrrole nitrogens is 2. The molecule has 1 heterocycles. The molecule has 0 bridgehead atoms. The van der Waals surface area contributed by atoms with Crippen LogP contribution < -0.4 is 15.0 Å². The van der Waals surface area contributed by atoms with Crippen LogP contribution in [0.4, 0.5) is 0 Å². The molecular formula is C16H20N2O3S. The van der Waals surface area contributed by atoms with Gasteiger partial charge >= 0.3 is 0 Å². The molecule has 1 aromatic carbocycles. The molecule has 5 nitrogen and oxygen atoms in total. The van der Waals surface area contributed by atoms with Crippen LogP contribution in [0.15, 0.2) is 23.0 Å². The van der Waals surface area contributed by atoms with Gasteiger partial charge < -0.3 is 14.5 Å².